The first-order valence-corrected chi connectivity index (χ1v) is 8.53. The van der Waals surface area contributed by atoms with Gasteiger partial charge in [0.15, 0.2) is 11.5 Å². The number of unbranched alkanes of at least 4 members (excludes halogenated alkanes) is 1. The highest BCUT2D eigenvalue weighted by Gasteiger charge is 2.40. The zero-order chi connectivity index (χ0) is 15.5. The van der Waals surface area contributed by atoms with Crippen LogP contribution in [0.3, 0.4) is 0 Å². The molecule has 0 N–H and O–H groups in total. The number of allylic oxidation sites excluding steroid dienone is 2. The molecule has 2 nitrogen and oxygen atoms in total. The largest absolute Gasteiger partial charge is 0.491 e. The average molecular weight is 304 g/mol. The van der Waals surface area contributed by atoms with Crippen LogP contribution in [-0.2, 0) is 0 Å². The Labute approximate surface area is 132 Å². The second-order valence-electron chi connectivity index (χ2n) is 6.28. The highest BCUT2D eigenvalue weighted by atomic mass is 19.1. The molecule has 1 aromatic rings. The lowest BCUT2D eigenvalue weighted by atomic mass is 9.77. The number of rotatable bonds is 5. The van der Waals surface area contributed by atoms with Gasteiger partial charge < -0.3 is 9.47 Å². The van der Waals surface area contributed by atoms with Crippen molar-refractivity contribution in [2.75, 3.05) is 6.61 Å². The molecular formula is C19H25FO2. The molecule has 1 aliphatic carbocycles. The molecule has 3 atom stereocenters. The second-order valence-corrected chi connectivity index (χ2v) is 6.28. The topological polar surface area (TPSA) is 18.5 Å². The fraction of sp³-hybridized carbons (Fsp3) is 0.579. The van der Waals surface area contributed by atoms with Crippen molar-refractivity contribution in [2.24, 2.45) is 5.92 Å². The molecule has 1 saturated carbocycles. The summed E-state index contributed by atoms with van der Waals surface area (Å²) >= 11 is 0. The van der Waals surface area contributed by atoms with Gasteiger partial charge in [-0.2, -0.15) is 4.39 Å². The fourth-order valence-corrected chi connectivity index (χ4v) is 3.66. The van der Waals surface area contributed by atoms with E-state index >= 15 is 0 Å². The molecule has 0 bridgehead atoms. The minimum atomic E-state index is -0.327. The van der Waals surface area contributed by atoms with E-state index < -0.39 is 0 Å². The minimum absolute atomic E-state index is 0.117. The van der Waals surface area contributed by atoms with Gasteiger partial charge in [-0.15, -0.1) is 0 Å². The van der Waals surface area contributed by atoms with E-state index in [4.69, 9.17) is 9.47 Å². The summed E-state index contributed by atoms with van der Waals surface area (Å²) in [5.74, 6) is 1.32. The van der Waals surface area contributed by atoms with Crippen molar-refractivity contribution in [2.45, 2.75) is 58.0 Å². The Morgan fingerprint density at radius 2 is 2.18 bits per heavy atom. The standard InChI is InChI=1S/C19H25FO2/c1-3-5-6-7-13-8-9-14-15-10-11-16(21-4-2)18(20)19(15)22-17(14)12-13/h6-7,10-11,13-14,17H,3-5,8-9,12H2,1-2H3/t13?,14-,17?/m0/s1. The van der Waals surface area contributed by atoms with Crippen molar-refractivity contribution in [1.29, 1.82) is 0 Å². The molecule has 0 aromatic heterocycles. The van der Waals surface area contributed by atoms with Gasteiger partial charge in [-0.3, -0.25) is 0 Å². The third-order valence-electron chi connectivity index (χ3n) is 4.76. The molecule has 1 aromatic carbocycles. The van der Waals surface area contributed by atoms with E-state index in [1.54, 1.807) is 6.07 Å². The van der Waals surface area contributed by atoms with Crippen molar-refractivity contribution < 1.29 is 13.9 Å². The Bertz CT molecular complexity index is 553. The third kappa shape index (κ3) is 2.86. The van der Waals surface area contributed by atoms with Gasteiger partial charge in [0.05, 0.1) is 6.61 Å². The maximum atomic E-state index is 14.5. The van der Waals surface area contributed by atoms with Crippen molar-refractivity contribution in [3.8, 4) is 11.5 Å². The number of ether oxygens (including phenoxy) is 2. The van der Waals surface area contributed by atoms with E-state index in [9.17, 15) is 4.39 Å². The van der Waals surface area contributed by atoms with E-state index in [0.717, 1.165) is 24.8 Å². The Morgan fingerprint density at radius 1 is 1.32 bits per heavy atom. The molecular weight excluding hydrogens is 279 g/mol. The smallest absolute Gasteiger partial charge is 0.207 e. The molecule has 120 valence electrons. The first-order chi connectivity index (χ1) is 10.7. The first-order valence-electron chi connectivity index (χ1n) is 8.53. The van der Waals surface area contributed by atoms with Gasteiger partial charge in [0.1, 0.15) is 6.10 Å². The lowest BCUT2D eigenvalue weighted by molar-refractivity contribution is 0.139. The Balaban J connectivity index is 1.74. The normalized spacial score (nSPS) is 26.6. The van der Waals surface area contributed by atoms with Crippen LogP contribution >= 0.6 is 0 Å². The van der Waals surface area contributed by atoms with Crippen LogP contribution in [0.15, 0.2) is 24.3 Å². The van der Waals surface area contributed by atoms with E-state index in [2.05, 4.69) is 19.1 Å². The van der Waals surface area contributed by atoms with Gasteiger partial charge >= 0.3 is 0 Å². The van der Waals surface area contributed by atoms with Gasteiger partial charge in [0.25, 0.3) is 0 Å². The monoisotopic (exact) mass is 304 g/mol. The lowest BCUT2D eigenvalue weighted by Crippen LogP contribution is -2.27. The molecule has 0 radical (unpaired) electrons. The van der Waals surface area contributed by atoms with Gasteiger partial charge in [-0.05, 0) is 44.6 Å². The zero-order valence-corrected chi connectivity index (χ0v) is 13.5. The Hall–Kier alpha value is -1.51. The first kappa shape index (κ1) is 15.4. The number of fused-ring (bicyclic) bond motifs is 3. The maximum Gasteiger partial charge on any atom is 0.207 e. The fourth-order valence-electron chi connectivity index (χ4n) is 3.66. The van der Waals surface area contributed by atoms with Crippen molar-refractivity contribution in [3.63, 3.8) is 0 Å². The summed E-state index contributed by atoms with van der Waals surface area (Å²) in [6, 6.07) is 3.73. The summed E-state index contributed by atoms with van der Waals surface area (Å²) in [7, 11) is 0. The van der Waals surface area contributed by atoms with Crippen LogP contribution in [0.1, 0.15) is 57.4 Å². The van der Waals surface area contributed by atoms with Crippen LogP contribution in [-0.4, -0.2) is 12.7 Å². The van der Waals surface area contributed by atoms with Crippen LogP contribution in [0.5, 0.6) is 11.5 Å². The molecule has 1 aliphatic heterocycles. The van der Waals surface area contributed by atoms with Crippen LogP contribution in [0, 0.1) is 11.7 Å². The quantitative estimate of drug-likeness (QED) is 0.694. The summed E-state index contributed by atoms with van der Waals surface area (Å²) in [6.45, 7) is 4.52. The highest BCUT2D eigenvalue weighted by Crippen LogP contribution is 2.49. The molecule has 0 saturated heterocycles. The Morgan fingerprint density at radius 3 is 2.95 bits per heavy atom. The van der Waals surface area contributed by atoms with Crippen LogP contribution in [0.2, 0.25) is 0 Å². The predicted molar refractivity (Wildman–Crippen MR) is 86.1 cm³/mol. The molecule has 2 unspecified atom stereocenters. The lowest BCUT2D eigenvalue weighted by Gasteiger charge is -2.29. The number of halogens is 1. The maximum absolute atomic E-state index is 14.5. The number of benzene rings is 1. The van der Waals surface area contributed by atoms with E-state index in [-0.39, 0.29) is 11.9 Å². The highest BCUT2D eigenvalue weighted by molar-refractivity contribution is 5.48. The molecule has 0 spiro atoms. The van der Waals surface area contributed by atoms with Gasteiger partial charge in [-0.25, -0.2) is 0 Å². The minimum Gasteiger partial charge on any atom is -0.491 e. The van der Waals surface area contributed by atoms with E-state index in [1.165, 1.54) is 12.8 Å². The Kier molecular flexibility index (Phi) is 4.70. The number of hydrogen-bond acceptors (Lipinski definition) is 2. The average Bonchev–Trinajstić information content (AvgIpc) is 2.89. The molecule has 3 heteroatoms. The predicted octanol–water partition coefficient (Wildman–Crippen LogP) is 5.23. The summed E-state index contributed by atoms with van der Waals surface area (Å²) in [5.41, 5.74) is 1.03. The molecule has 22 heavy (non-hydrogen) atoms. The number of hydrogen-bond donors (Lipinski definition) is 0. The molecule has 3 rings (SSSR count). The molecule has 2 aliphatic rings. The van der Waals surface area contributed by atoms with Crippen molar-refractivity contribution in [3.05, 3.63) is 35.7 Å². The summed E-state index contributed by atoms with van der Waals surface area (Å²) < 4.78 is 25.8. The molecule has 1 fully saturated rings. The summed E-state index contributed by atoms with van der Waals surface area (Å²) in [6.07, 6.45) is 10.3. The van der Waals surface area contributed by atoms with Gasteiger partial charge in [0.2, 0.25) is 5.82 Å². The van der Waals surface area contributed by atoms with Crippen molar-refractivity contribution in [1.82, 2.24) is 0 Å². The summed E-state index contributed by atoms with van der Waals surface area (Å²) in [5, 5.41) is 0. The van der Waals surface area contributed by atoms with Crippen molar-refractivity contribution >= 4 is 0 Å². The SMILES string of the molecule is CCCC=CC1CC[C@H]2c3ccc(OCC)c(F)c3OC2C1. The van der Waals surface area contributed by atoms with Crippen LogP contribution in [0.4, 0.5) is 4.39 Å². The van der Waals surface area contributed by atoms with E-state index in [0.29, 0.717) is 29.9 Å². The molecule has 0 amide bonds. The summed E-state index contributed by atoms with van der Waals surface area (Å²) in [4.78, 5) is 0. The zero-order valence-electron chi connectivity index (χ0n) is 13.5. The molecule has 1 heterocycles. The van der Waals surface area contributed by atoms with Gasteiger partial charge in [0, 0.05) is 11.5 Å². The van der Waals surface area contributed by atoms with Crippen LogP contribution in [0.25, 0.3) is 0 Å². The third-order valence-corrected chi connectivity index (χ3v) is 4.76. The van der Waals surface area contributed by atoms with Crippen LogP contribution < -0.4 is 9.47 Å². The van der Waals surface area contributed by atoms with E-state index in [1.807, 2.05) is 13.0 Å². The second kappa shape index (κ2) is 6.72. The van der Waals surface area contributed by atoms with Gasteiger partial charge in [-0.1, -0.05) is 31.6 Å².